The van der Waals surface area contributed by atoms with Gasteiger partial charge in [0.1, 0.15) is 0 Å². The predicted molar refractivity (Wildman–Crippen MR) is 62.1 cm³/mol. The second kappa shape index (κ2) is 4.81. The average Bonchev–Trinajstić information content (AvgIpc) is 2.38. The van der Waals surface area contributed by atoms with Crippen LogP contribution in [0.3, 0.4) is 0 Å². The maximum atomic E-state index is 5.60. The molecule has 0 aromatic carbocycles. The van der Waals surface area contributed by atoms with Gasteiger partial charge in [-0.25, -0.2) is 0 Å². The highest BCUT2D eigenvalue weighted by Gasteiger charge is 2.34. The first-order valence-corrected chi connectivity index (χ1v) is 6.28. The number of fused-ring (bicyclic) bond motifs is 1. The summed E-state index contributed by atoms with van der Waals surface area (Å²) in [5, 5.41) is 0. The summed E-state index contributed by atoms with van der Waals surface area (Å²) >= 11 is 0. The molecule has 2 rings (SSSR count). The molecule has 0 aromatic heterocycles. The maximum Gasteiger partial charge on any atom is 0.0635 e. The molecule has 2 aliphatic rings. The van der Waals surface area contributed by atoms with E-state index in [1.165, 1.54) is 19.6 Å². The van der Waals surface area contributed by atoms with Crippen molar-refractivity contribution in [2.75, 3.05) is 39.4 Å². The summed E-state index contributed by atoms with van der Waals surface area (Å²) < 4.78 is 5.60. The van der Waals surface area contributed by atoms with Gasteiger partial charge in [0.05, 0.1) is 13.2 Å². The number of morpholine rings is 1. The van der Waals surface area contributed by atoms with Crippen LogP contribution in [0.25, 0.3) is 0 Å². The fraction of sp³-hybridized carbons (Fsp3) is 1.00. The SMILES string of the molecule is CCN1C[C@@H]2COCCN2[C@H](C)[C@H](C)C1. The van der Waals surface area contributed by atoms with Gasteiger partial charge in [0, 0.05) is 31.7 Å². The summed E-state index contributed by atoms with van der Waals surface area (Å²) in [6.45, 7) is 13.6. The summed E-state index contributed by atoms with van der Waals surface area (Å²) in [4.78, 5) is 5.23. The van der Waals surface area contributed by atoms with Gasteiger partial charge >= 0.3 is 0 Å². The monoisotopic (exact) mass is 212 g/mol. The molecule has 3 nitrogen and oxygen atoms in total. The van der Waals surface area contributed by atoms with Crippen molar-refractivity contribution in [2.45, 2.75) is 32.9 Å². The number of likely N-dealkylation sites (N-methyl/N-ethyl adjacent to an activating group) is 1. The Hall–Kier alpha value is -0.120. The number of ether oxygens (including phenoxy) is 1. The van der Waals surface area contributed by atoms with E-state index in [9.17, 15) is 0 Å². The lowest BCUT2D eigenvalue weighted by Gasteiger charge is -2.39. The highest BCUT2D eigenvalue weighted by atomic mass is 16.5. The van der Waals surface area contributed by atoms with Gasteiger partial charge in [-0.2, -0.15) is 0 Å². The van der Waals surface area contributed by atoms with Crippen LogP contribution in [0.15, 0.2) is 0 Å². The molecular weight excluding hydrogens is 188 g/mol. The van der Waals surface area contributed by atoms with Gasteiger partial charge in [-0.15, -0.1) is 0 Å². The molecule has 0 unspecified atom stereocenters. The summed E-state index contributed by atoms with van der Waals surface area (Å²) in [5.41, 5.74) is 0. The first-order chi connectivity index (χ1) is 7.22. The normalized spacial score (nSPS) is 39.8. The van der Waals surface area contributed by atoms with Gasteiger partial charge in [-0.05, 0) is 19.4 Å². The van der Waals surface area contributed by atoms with E-state index in [-0.39, 0.29) is 0 Å². The lowest BCUT2D eigenvalue weighted by Crippen LogP contribution is -2.52. The molecule has 0 amide bonds. The Morgan fingerprint density at radius 2 is 2.07 bits per heavy atom. The predicted octanol–water partition coefficient (Wildman–Crippen LogP) is 1.05. The fourth-order valence-corrected chi connectivity index (χ4v) is 2.88. The molecule has 3 heteroatoms. The van der Waals surface area contributed by atoms with E-state index in [0.29, 0.717) is 12.1 Å². The standard InChI is InChI=1S/C12H24N2O/c1-4-13-7-10(2)11(3)14-5-6-15-9-12(14)8-13/h10-12H,4-9H2,1-3H3/t10-,11-,12-/m1/s1. The third-order valence-corrected chi connectivity index (χ3v) is 4.08. The third-order valence-electron chi connectivity index (χ3n) is 4.08. The summed E-state index contributed by atoms with van der Waals surface area (Å²) in [6, 6.07) is 1.33. The van der Waals surface area contributed by atoms with Gasteiger partial charge < -0.3 is 9.64 Å². The second-order valence-corrected chi connectivity index (χ2v) is 5.04. The smallest absolute Gasteiger partial charge is 0.0635 e. The van der Waals surface area contributed by atoms with Crippen LogP contribution in [-0.2, 0) is 4.74 Å². The fourth-order valence-electron chi connectivity index (χ4n) is 2.88. The molecule has 88 valence electrons. The molecule has 3 atom stereocenters. The third kappa shape index (κ3) is 2.35. The first-order valence-electron chi connectivity index (χ1n) is 6.28. The molecule has 2 aliphatic heterocycles. The quantitative estimate of drug-likeness (QED) is 0.646. The average molecular weight is 212 g/mol. The van der Waals surface area contributed by atoms with E-state index in [4.69, 9.17) is 4.74 Å². The Balaban J connectivity index is 2.10. The minimum absolute atomic E-state index is 0.624. The van der Waals surface area contributed by atoms with Crippen molar-refractivity contribution in [3.05, 3.63) is 0 Å². The number of nitrogens with zero attached hydrogens (tertiary/aromatic N) is 2. The van der Waals surface area contributed by atoms with Gasteiger partial charge in [0.2, 0.25) is 0 Å². The van der Waals surface area contributed by atoms with Crippen LogP contribution in [0.2, 0.25) is 0 Å². The molecule has 0 saturated carbocycles. The minimum atomic E-state index is 0.624. The zero-order valence-corrected chi connectivity index (χ0v) is 10.3. The Kier molecular flexibility index (Phi) is 3.65. The Morgan fingerprint density at radius 3 is 2.80 bits per heavy atom. The molecule has 0 aliphatic carbocycles. The molecular formula is C12H24N2O. The van der Waals surface area contributed by atoms with E-state index in [1.807, 2.05) is 0 Å². The largest absolute Gasteiger partial charge is 0.378 e. The lowest BCUT2D eigenvalue weighted by atomic mass is 10.0. The maximum absolute atomic E-state index is 5.60. The molecule has 2 heterocycles. The van der Waals surface area contributed by atoms with Crippen LogP contribution in [0, 0.1) is 5.92 Å². The van der Waals surface area contributed by atoms with Gasteiger partial charge in [0.25, 0.3) is 0 Å². The molecule has 2 fully saturated rings. The number of rotatable bonds is 1. The van der Waals surface area contributed by atoms with Crippen LogP contribution in [0.1, 0.15) is 20.8 Å². The van der Waals surface area contributed by atoms with Crippen molar-refractivity contribution in [2.24, 2.45) is 5.92 Å². The summed E-state index contributed by atoms with van der Waals surface area (Å²) in [5.74, 6) is 0.771. The zero-order chi connectivity index (χ0) is 10.8. The van der Waals surface area contributed by atoms with Crippen LogP contribution >= 0.6 is 0 Å². The van der Waals surface area contributed by atoms with Crippen molar-refractivity contribution in [3.63, 3.8) is 0 Å². The van der Waals surface area contributed by atoms with Crippen molar-refractivity contribution < 1.29 is 4.74 Å². The molecule has 0 aromatic rings. The van der Waals surface area contributed by atoms with E-state index in [0.717, 1.165) is 25.7 Å². The first kappa shape index (κ1) is 11.4. The molecule has 2 saturated heterocycles. The van der Waals surface area contributed by atoms with Crippen molar-refractivity contribution in [3.8, 4) is 0 Å². The van der Waals surface area contributed by atoms with Crippen molar-refractivity contribution in [1.29, 1.82) is 0 Å². The van der Waals surface area contributed by atoms with Gasteiger partial charge in [-0.1, -0.05) is 13.8 Å². The lowest BCUT2D eigenvalue weighted by molar-refractivity contribution is -0.0292. The van der Waals surface area contributed by atoms with Gasteiger partial charge in [-0.3, -0.25) is 4.90 Å². The van der Waals surface area contributed by atoms with E-state index in [2.05, 4.69) is 30.6 Å². The van der Waals surface area contributed by atoms with Crippen LogP contribution < -0.4 is 0 Å². The van der Waals surface area contributed by atoms with Crippen LogP contribution in [0.4, 0.5) is 0 Å². The number of hydrogen-bond acceptors (Lipinski definition) is 3. The van der Waals surface area contributed by atoms with Crippen LogP contribution in [0.5, 0.6) is 0 Å². The molecule has 15 heavy (non-hydrogen) atoms. The van der Waals surface area contributed by atoms with Gasteiger partial charge in [0.15, 0.2) is 0 Å². The molecule has 0 radical (unpaired) electrons. The number of hydrogen-bond donors (Lipinski definition) is 0. The minimum Gasteiger partial charge on any atom is -0.378 e. The van der Waals surface area contributed by atoms with Crippen LogP contribution in [-0.4, -0.2) is 61.3 Å². The topological polar surface area (TPSA) is 15.7 Å². The molecule has 0 bridgehead atoms. The summed E-state index contributed by atoms with van der Waals surface area (Å²) in [6.07, 6.45) is 0. The Morgan fingerprint density at radius 1 is 1.27 bits per heavy atom. The Bertz CT molecular complexity index is 210. The van der Waals surface area contributed by atoms with Crippen molar-refractivity contribution in [1.82, 2.24) is 9.80 Å². The van der Waals surface area contributed by atoms with E-state index < -0.39 is 0 Å². The highest BCUT2D eigenvalue weighted by molar-refractivity contribution is 4.88. The van der Waals surface area contributed by atoms with Crippen molar-refractivity contribution >= 4 is 0 Å². The highest BCUT2D eigenvalue weighted by Crippen LogP contribution is 2.22. The molecule has 0 N–H and O–H groups in total. The second-order valence-electron chi connectivity index (χ2n) is 5.04. The molecule has 0 spiro atoms. The zero-order valence-electron chi connectivity index (χ0n) is 10.3. The van der Waals surface area contributed by atoms with E-state index in [1.54, 1.807) is 0 Å². The Labute approximate surface area is 93.4 Å². The van der Waals surface area contributed by atoms with E-state index >= 15 is 0 Å². The summed E-state index contributed by atoms with van der Waals surface area (Å²) in [7, 11) is 0.